The number of nitrogens with zero attached hydrogens (tertiary/aromatic N) is 2. The topological polar surface area (TPSA) is 96.7 Å². The van der Waals surface area contributed by atoms with Crippen molar-refractivity contribution in [1.29, 1.82) is 0 Å². The number of aromatic nitrogens is 3. The second-order valence-electron chi connectivity index (χ2n) is 3.82. The van der Waals surface area contributed by atoms with Gasteiger partial charge in [-0.1, -0.05) is 11.6 Å². The molecule has 2 rings (SSSR count). The molecule has 0 fully saturated rings. The van der Waals surface area contributed by atoms with E-state index in [4.69, 9.17) is 17.3 Å². The maximum Gasteiger partial charge on any atom is 0.253 e. The van der Waals surface area contributed by atoms with Crippen LogP contribution in [-0.2, 0) is 0 Å². The monoisotopic (exact) mass is 265 g/mol. The molecule has 0 saturated carbocycles. The number of pyridine rings is 1. The second-order valence-corrected chi connectivity index (χ2v) is 4.22. The molecule has 2 aromatic rings. The predicted octanol–water partition coefficient (Wildman–Crippen LogP) is 1.53. The van der Waals surface area contributed by atoms with E-state index in [1.165, 1.54) is 12.3 Å². The maximum absolute atomic E-state index is 12.0. The van der Waals surface area contributed by atoms with Crippen LogP contribution in [-0.4, -0.2) is 21.1 Å². The fourth-order valence-corrected chi connectivity index (χ4v) is 1.67. The van der Waals surface area contributed by atoms with E-state index in [2.05, 4.69) is 20.5 Å². The number of nitrogens with one attached hydrogen (secondary N) is 2. The van der Waals surface area contributed by atoms with Crippen molar-refractivity contribution >= 4 is 23.3 Å². The summed E-state index contributed by atoms with van der Waals surface area (Å²) in [5.41, 5.74) is 6.71. The van der Waals surface area contributed by atoms with Gasteiger partial charge in [0, 0.05) is 18.0 Å². The van der Waals surface area contributed by atoms with Gasteiger partial charge in [-0.05, 0) is 13.0 Å². The Morgan fingerprint density at radius 3 is 3.00 bits per heavy atom. The Hall–Kier alpha value is -2.08. The molecule has 0 saturated heterocycles. The summed E-state index contributed by atoms with van der Waals surface area (Å²) in [6.45, 7) is 1.85. The Labute approximate surface area is 109 Å². The molecule has 7 heteroatoms. The average molecular weight is 266 g/mol. The summed E-state index contributed by atoms with van der Waals surface area (Å²) in [6, 6.07) is 1.27. The van der Waals surface area contributed by atoms with Crippen LogP contribution in [0.4, 0.5) is 5.82 Å². The highest BCUT2D eigenvalue weighted by Crippen LogP contribution is 2.18. The maximum atomic E-state index is 12.0. The third kappa shape index (κ3) is 2.60. The number of rotatable bonds is 3. The van der Waals surface area contributed by atoms with Crippen molar-refractivity contribution < 1.29 is 4.79 Å². The van der Waals surface area contributed by atoms with Crippen LogP contribution in [0.3, 0.4) is 0 Å². The van der Waals surface area contributed by atoms with Gasteiger partial charge in [0.25, 0.3) is 5.91 Å². The van der Waals surface area contributed by atoms with Gasteiger partial charge in [0.05, 0.1) is 22.8 Å². The smallest absolute Gasteiger partial charge is 0.253 e. The van der Waals surface area contributed by atoms with Gasteiger partial charge in [0.1, 0.15) is 5.82 Å². The lowest BCUT2D eigenvalue weighted by atomic mass is 10.1. The summed E-state index contributed by atoms with van der Waals surface area (Å²) in [5.74, 6) is -0.0525. The van der Waals surface area contributed by atoms with E-state index >= 15 is 0 Å². The molecule has 0 spiro atoms. The van der Waals surface area contributed by atoms with E-state index in [1.807, 2.05) is 6.92 Å². The van der Waals surface area contributed by atoms with E-state index in [1.54, 1.807) is 12.4 Å². The van der Waals surface area contributed by atoms with Crippen molar-refractivity contribution in [3.05, 3.63) is 40.8 Å². The minimum atomic E-state index is -0.303. The first-order chi connectivity index (χ1) is 8.58. The number of aromatic amines is 1. The predicted molar refractivity (Wildman–Crippen MR) is 68.1 cm³/mol. The largest absolute Gasteiger partial charge is 0.384 e. The number of H-pyrrole nitrogens is 1. The fraction of sp³-hybridized carbons (Fsp3) is 0.182. The zero-order chi connectivity index (χ0) is 13.1. The van der Waals surface area contributed by atoms with Crippen molar-refractivity contribution in [2.45, 2.75) is 13.0 Å². The normalized spacial score (nSPS) is 12.1. The van der Waals surface area contributed by atoms with Gasteiger partial charge in [0.2, 0.25) is 0 Å². The molecule has 2 heterocycles. The van der Waals surface area contributed by atoms with Crippen LogP contribution in [0.2, 0.25) is 5.02 Å². The number of anilines is 1. The highest BCUT2D eigenvalue weighted by Gasteiger charge is 2.15. The van der Waals surface area contributed by atoms with Gasteiger partial charge in [-0.15, -0.1) is 0 Å². The van der Waals surface area contributed by atoms with Crippen molar-refractivity contribution in [1.82, 2.24) is 20.5 Å². The molecular formula is C11H12ClN5O. The van der Waals surface area contributed by atoms with Crippen LogP contribution >= 0.6 is 11.6 Å². The van der Waals surface area contributed by atoms with Crippen molar-refractivity contribution in [3.63, 3.8) is 0 Å². The summed E-state index contributed by atoms with van der Waals surface area (Å²) in [6.07, 6.45) is 4.72. The number of hydrogen-bond acceptors (Lipinski definition) is 4. The molecule has 1 amide bonds. The third-order valence-electron chi connectivity index (χ3n) is 2.49. The Balaban J connectivity index is 2.15. The summed E-state index contributed by atoms with van der Waals surface area (Å²) < 4.78 is 0. The summed E-state index contributed by atoms with van der Waals surface area (Å²) in [5, 5.41) is 9.57. The highest BCUT2D eigenvalue weighted by molar-refractivity contribution is 6.33. The van der Waals surface area contributed by atoms with Crippen molar-refractivity contribution in [2.75, 3.05) is 5.73 Å². The van der Waals surface area contributed by atoms with Crippen LogP contribution in [0.15, 0.2) is 24.7 Å². The van der Waals surface area contributed by atoms with Crippen LogP contribution in [0.25, 0.3) is 0 Å². The second kappa shape index (κ2) is 5.05. The quantitative estimate of drug-likeness (QED) is 0.784. The molecule has 1 unspecified atom stereocenters. The number of carbonyl (C=O) groups excluding carboxylic acids is 1. The molecule has 1 atom stereocenters. The first-order valence-corrected chi connectivity index (χ1v) is 5.66. The lowest BCUT2D eigenvalue weighted by Crippen LogP contribution is -2.26. The van der Waals surface area contributed by atoms with Crippen molar-refractivity contribution in [3.8, 4) is 0 Å². The first kappa shape index (κ1) is 12.4. The molecule has 0 radical (unpaired) electrons. The molecule has 0 aromatic carbocycles. The van der Waals surface area contributed by atoms with Crippen LogP contribution in [0.1, 0.15) is 28.9 Å². The minimum absolute atomic E-state index is 0.179. The molecule has 0 aliphatic rings. The van der Waals surface area contributed by atoms with Gasteiger partial charge in [-0.3, -0.25) is 9.89 Å². The fourth-order valence-electron chi connectivity index (χ4n) is 1.48. The van der Waals surface area contributed by atoms with E-state index in [0.29, 0.717) is 5.56 Å². The van der Waals surface area contributed by atoms with E-state index in [-0.39, 0.29) is 22.8 Å². The SMILES string of the molecule is CC(NC(=O)c1cc(N)ncc1Cl)c1cn[nH]c1. The van der Waals surface area contributed by atoms with E-state index in [9.17, 15) is 4.79 Å². The number of nitrogen functional groups attached to an aromatic ring is 1. The van der Waals surface area contributed by atoms with Gasteiger partial charge >= 0.3 is 0 Å². The molecule has 0 bridgehead atoms. The molecule has 0 aliphatic carbocycles. The third-order valence-corrected chi connectivity index (χ3v) is 2.79. The number of amides is 1. The molecule has 0 aliphatic heterocycles. The van der Waals surface area contributed by atoms with Gasteiger partial charge < -0.3 is 11.1 Å². The Morgan fingerprint density at radius 2 is 2.33 bits per heavy atom. The minimum Gasteiger partial charge on any atom is -0.384 e. The van der Waals surface area contributed by atoms with Gasteiger partial charge in [-0.2, -0.15) is 5.10 Å². The number of nitrogens with two attached hydrogens (primary N) is 1. The van der Waals surface area contributed by atoms with Crippen LogP contribution in [0.5, 0.6) is 0 Å². The van der Waals surface area contributed by atoms with Crippen molar-refractivity contribution in [2.24, 2.45) is 0 Å². The summed E-state index contributed by atoms with van der Waals surface area (Å²) >= 11 is 5.90. The lowest BCUT2D eigenvalue weighted by molar-refractivity contribution is 0.0940. The number of halogens is 1. The Bertz CT molecular complexity index is 555. The molecule has 4 N–H and O–H groups in total. The summed E-state index contributed by atoms with van der Waals surface area (Å²) in [7, 11) is 0. The zero-order valence-electron chi connectivity index (χ0n) is 9.64. The van der Waals surface area contributed by atoms with Gasteiger partial charge in [0.15, 0.2) is 0 Å². The van der Waals surface area contributed by atoms with Crippen LogP contribution < -0.4 is 11.1 Å². The summed E-state index contributed by atoms with van der Waals surface area (Å²) in [4.78, 5) is 15.8. The Kier molecular flexibility index (Phi) is 3.47. The molecular weight excluding hydrogens is 254 g/mol. The average Bonchev–Trinajstić information content (AvgIpc) is 2.85. The highest BCUT2D eigenvalue weighted by atomic mass is 35.5. The van der Waals surface area contributed by atoms with Gasteiger partial charge in [-0.25, -0.2) is 4.98 Å². The standard InChI is InChI=1S/C11H12ClN5O/c1-6(7-3-15-16-4-7)17-11(18)8-2-10(13)14-5-9(8)12/h2-6H,1H3,(H2,13,14)(H,15,16)(H,17,18). The first-order valence-electron chi connectivity index (χ1n) is 5.28. The molecule has 2 aromatic heterocycles. The number of hydrogen-bond donors (Lipinski definition) is 3. The Morgan fingerprint density at radius 1 is 1.56 bits per heavy atom. The molecule has 6 nitrogen and oxygen atoms in total. The van der Waals surface area contributed by atoms with Crippen LogP contribution in [0, 0.1) is 0 Å². The number of carbonyl (C=O) groups is 1. The molecule has 94 valence electrons. The zero-order valence-corrected chi connectivity index (χ0v) is 10.4. The lowest BCUT2D eigenvalue weighted by Gasteiger charge is -2.12. The van der Waals surface area contributed by atoms with E-state index < -0.39 is 0 Å². The molecule has 18 heavy (non-hydrogen) atoms. The van der Waals surface area contributed by atoms with E-state index in [0.717, 1.165) is 5.56 Å².